The second kappa shape index (κ2) is 12.0. The molecule has 0 heterocycles. The van der Waals surface area contributed by atoms with E-state index in [1.807, 2.05) is 42.5 Å². The number of carbonyl (C=O) groups excluding carboxylic acids is 1. The highest BCUT2D eigenvalue weighted by atomic mass is 19.1. The Balaban J connectivity index is 1.72. The Labute approximate surface area is 189 Å². The lowest BCUT2D eigenvalue weighted by Gasteiger charge is -2.13. The van der Waals surface area contributed by atoms with Crippen molar-refractivity contribution in [3.05, 3.63) is 107 Å². The number of aliphatic hydroxyl groups excluding tert-OH is 1. The lowest BCUT2D eigenvalue weighted by atomic mass is 9.94. The summed E-state index contributed by atoms with van der Waals surface area (Å²) in [4.78, 5) is 11.4. The summed E-state index contributed by atoms with van der Waals surface area (Å²) < 4.78 is 19.9. The first-order chi connectivity index (χ1) is 15.6. The van der Waals surface area contributed by atoms with Gasteiger partial charge in [-0.2, -0.15) is 0 Å². The summed E-state index contributed by atoms with van der Waals surface area (Å²) >= 11 is 0. The van der Waals surface area contributed by atoms with Gasteiger partial charge in [-0.25, -0.2) is 9.18 Å². The topological polar surface area (TPSA) is 46.5 Å². The molecule has 0 aliphatic carbocycles. The predicted octanol–water partition coefficient (Wildman–Crippen LogP) is 5.47. The van der Waals surface area contributed by atoms with Gasteiger partial charge in [0.15, 0.2) is 0 Å². The number of halogens is 1. The van der Waals surface area contributed by atoms with Gasteiger partial charge in [-0.05, 0) is 65.1 Å². The molecule has 1 N–H and O–H groups in total. The summed E-state index contributed by atoms with van der Waals surface area (Å²) in [6, 6.07) is 21.4. The highest BCUT2D eigenvalue weighted by Gasteiger charge is 2.10. The van der Waals surface area contributed by atoms with Crippen molar-refractivity contribution in [3.8, 4) is 11.1 Å². The molecule has 0 saturated carbocycles. The number of benzene rings is 3. The Morgan fingerprint density at radius 1 is 0.875 bits per heavy atom. The van der Waals surface area contributed by atoms with E-state index in [4.69, 9.17) is 9.84 Å². The average molecular weight is 433 g/mol. The van der Waals surface area contributed by atoms with Gasteiger partial charge >= 0.3 is 5.97 Å². The van der Waals surface area contributed by atoms with E-state index in [-0.39, 0.29) is 19.0 Å². The Kier molecular flexibility index (Phi) is 8.76. The fourth-order valence-electron chi connectivity index (χ4n) is 3.74. The van der Waals surface area contributed by atoms with Crippen LogP contribution in [0.15, 0.2) is 79.4 Å². The van der Waals surface area contributed by atoms with Crippen LogP contribution in [0.25, 0.3) is 11.1 Å². The third-order valence-corrected chi connectivity index (χ3v) is 5.50. The number of ether oxygens (including phenoxy) is 1. The molecule has 0 aromatic heterocycles. The van der Waals surface area contributed by atoms with E-state index < -0.39 is 5.97 Å². The molecule has 0 amide bonds. The fourth-order valence-corrected chi connectivity index (χ4v) is 3.74. The third kappa shape index (κ3) is 6.63. The minimum absolute atomic E-state index is 0.145. The van der Waals surface area contributed by atoms with E-state index in [1.165, 1.54) is 0 Å². The second-order valence-electron chi connectivity index (χ2n) is 7.72. The predicted molar refractivity (Wildman–Crippen MR) is 126 cm³/mol. The van der Waals surface area contributed by atoms with Crippen molar-refractivity contribution in [2.45, 2.75) is 32.1 Å². The largest absolute Gasteiger partial charge is 0.462 e. The van der Waals surface area contributed by atoms with E-state index >= 15 is 0 Å². The first-order valence-corrected chi connectivity index (χ1v) is 11.0. The molecule has 0 fully saturated rings. The van der Waals surface area contributed by atoms with Crippen LogP contribution in [0.2, 0.25) is 0 Å². The van der Waals surface area contributed by atoms with Crippen LogP contribution in [0.4, 0.5) is 4.39 Å². The lowest BCUT2D eigenvalue weighted by molar-refractivity contribution is -0.137. The van der Waals surface area contributed by atoms with E-state index in [0.29, 0.717) is 31.2 Å². The van der Waals surface area contributed by atoms with Crippen molar-refractivity contribution in [1.82, 2.24) is 0 Å². The lowest BCUT2D eigenvalue weighted by Crippen LogP contribution is -2.07. The molecular formula is C28H29FO3. The molecule has 0 saturated heterocycles. The summed E-state index contributed by atoms with van der Waals surface area (Å²) in [5.41, 5.74) is 5.86. The third-order valence-electron chi connectivity index (χ3n) is 5.50. The maximum Gasteiger partial charge on any atom is 0.330 e. The Hall–Kier alpha value is -3.24. The van der Waals surface area contributed by atoms with Gasteiger partial charge in [0, 0.05) is 19.1 Å². The van der Waals surface area contributed by atoms with Gasteiger partial charge in [-0.1, -0.05) is 67.2 Å². The SMILES string of the molecule is C=CC(=O)OCCc1cc(CCCO)ccc1CCc1ccc(-c2ccccc2)cc1F. The van der Waals surface area contributed by atoms with Crippen molar-refractivity contribution in [3.63, 3.8) is 0 Å². The van der Waals surface area contributed by atoms with Gasteiger partial charge in [-0.3, -0.25) is 0 Å². The van der Waals surface area contributed by atoms with Crippen LogP contribution in [-0.4, -0.2) is 24.3 Å². The average Bonchev–Trinajstić information content (AvgIpc) is 2.83. The number of rotatable bonds is 11. The van der Waals surface area contributed by atoms with Crippen LogP contribution in [0.5, 0.6) is 0 Å². The first kappa shape index (κ1) is 23.4. The smallest absolute Gasteiger partial charge is 0.330 e. The van der Waals surface area contributed by atoms with Crippen molar-refractivity contribution in [2.75, 3.05) is 13.2 Å². The molecule has 3 nitrogen and oxygen atoms in total. The minimum Gasteiger partial charge on any atom is -0.462 e. The minimum atomic E-state index is -0.441. The fraction of sp³-hybridized carbons (Fsp3) is 0.250. The van der Waals surface area contributed by atoms with E-state index in [1.54, 1.807) is 6.07 Å². The van der Waals surface area contributed by atoms with Crippen LogP contribution in [0.1, 0.15) is 28.7 Å². The normalized spacial score (nSPS) is 10.7. The zero-order valence-corrected chi connectivity index (χ0v) is 18.2. The summed E-state index contributed by atoms with van der Waals surface area (Å²) in [5, 5.41) is 9.11. The summed E-state index contributed by atoms with van der Waals surface area (Å²) in [6.45, 7) is 3.83. The van der Waals surface area contributed by atoms with Gasteiger partial charge in [0.25, 0.3) is 0 Å². The van der Waals surface area contributed by atoms with Crippen LogP contribution < -0.4 is 0 Å². The van der Waals surface area contributed by atoms with E-state index in [0.717, 1.165) is 40.3 Å². The number of carbonyl (C=O) groups is 1. The summed E-state index contributed by atoms with van der Waals surface area (Å²) in [5.74, 6) is -0.643. The Bertz CT molecular complexity index is 1040. The summed E-state index contributed by atoms with van der Waals surface area (Å²) in [6.07, 6.45) is 4.48. The number of hydrogen-bond acceptors (Lipinski definition) is 3. The second-order valence-corrected chi connectivity index (χ2v) is 7.72. The molecular weight excluding hydrogens is 403 g/mol. The molecule has 0 spiro atoms. The molecule has 0 atom stereocenters. The summed E-state index contributed by atoms with van der Waals surface area (Å²) in [7, 11) is 0. The molecule has 3 aromatic carbocycles. The molecule has 3 rings (SSSR count). The zero-order chi connectivity index (χ0) is 22.8. The molecule has 0 aliphatic rings. The number of esters is 1. The highest BCUT2D eigenvalue weighted by Crippen LogP contribution is 2.23. The van der Waals surface area contributed by atoms with Crippen LogP contribution in [0.3, 0.4) is 0 Å². The molecule has 0 aliphatic heterocycles. The molecule has 0 radical (unpaired) electrons. The molecule has 4 heteroatoms. The number of aliphatic hydroxyl groups is 1. The first-order valence-electron chi connectivity index (χ1n) is 11.0. The van der Waals surface area contributed by atoms with Crippen LogP contribution in [0, 0.1) is 5.82 Å². The van der Waals surface area contributed by atoms with E-state index in [9.17, 15) is 9.18 Å². The Morgan fingerprint density at radius 3 is 2.34 bits per heavy atom. The monoisotopic (exact) mass is 432 g/mol. The molecule has 0 bridgehead atoms. The van der Waals surface area contributed by atoms with Crippen molar-refractivity contribution in [1.29, 1.82) is 0 Å². The standard InChI is InChI=1S/C28H29FO3/c1-2-28(31)32-18-16-26-19-21(7-6-17-30)10-11-23(26)12-13-24-14-15-25(20-27(24)29)22-8-4-3-5-9-22/h2-5,8-11,14-15,19-20,30H,1,6-7,12-13,16-18H2. The van der Waals surface area contributed by atoms with Gasteiger partial charge < -0.3 is 9.84 Å². The van der Waals surface area contributed by atoms with Crippen LogP contribution >= 0.6 is 0 Å². The van der Waals surface area contributed by atoms with Crippen molar-refractivity contribution < 1.29 is 19.0 Å². The molecule has 32 heavy (non-hydrogen) atoms. The van der Waals surface area contributed by atoms with Gasteiger partial charge in [-0.15, -0.1) is 0 Å². The quantitative estimate of drug-likeness (QED) is 0.323. The van der Waals surface area contributed by atoms with Gasteiger partial charge in [0.1, 0.15) is 5.82 Å². The van der Waals surface area contributed by atoms with Crippen molar-refractivity contribution in [2.24, 2.45) is 0 Å². The zero-order valence-electron chi connectivity index (χ0n) is 18.2. The highest BCUT2D eigenvalue weighted by molar-refractivity contribution is 5.81. The van der Waals surface area contributed by atoms with Gasteiger partial charge in [0.05, 0.1) is 6.61 Å². The van der Waals surface area contributed by atoms with Gasteiger partial charge in [0.2, 0.25) is 0 Å². The molecule has 0 unspecified atom stereocenters. The molecule has 166 valence electrons. The number of aryl methyl sites for hydroxylation is 3. The van der Waals surface area contributed by atoms with Crippen molar-refractivity contribution >= 4 is 5.97 Å². The van der Waals surface area contributed by atoms with E-state index in [2.05, 4.69) is 24.8 Å². The van der Waals surface area contributed by atoms with Crippen LogP contribution in [-0.2, 0) is 35.2 Å². The maximum absolute atomic E-state index is 14.8. The maximum atomic E-state index is 14.8. The number of hydrogen-bond donors (Lipinski definition) is 1. The molecule has 3 aromatic rings. The Morgan fingerprint density at radius 2 is 1.62 bits per heavy atom.